The molecule has 0 aliphatic heterocycles. The molecule has 2 N–H and O–H groups in total. The average Bonchev–Trinajstić information content (AvgIpc) is 2.57. The van der Waals surface area contributed by atoms with Gasteiger partial charge in [-0.05, 0) is 24.3 Å². The highest BCUT2D eigenvalue weighted by atomic mass is 35.5. The molecule has 0 radical (unpaired) electrons. The van der Waals surface area contributed by atoms with Gasteiger partial charge in [0.15, 0.2) is 0 Å². The number of amides is 3. The number of benzene rings is 2. The van der Waals surface area contributed by atoms with Gasteiger partial charge in [0, 0.05) is 6.07 Å². The van der Waals surface area contributed by atoms with Crippen molar-refractivity contribution in [1.82, 2.24) is 5.32 Å². The van der Waals surface area contributed by atoms with Crippen LogP contribution in [-0.4, -0.2) is 23.7 Å². The van der Waals surface area contributed by atoms with Gasteiger partial charge < -0.3 is 10.1 Å². The molecule has 0 saturated heterocycles. The number of urea groups is 1. The van der Waals surface area contributed by atoms with E-state index in [1.807, 2.05) is 10.6 Å². The molecule has 0 spiro atoms. The van der Waals surface area contributed by atoms with Crippen LogP contribution in [0.15, 0.2) is 42.5 Å². The molecule has 1 atom stereocenters. The fourth-order valence-corrected chi connectivity index (χ4v) is 2.10. The summed E-state index contributed by atoms with van der Waals surface area (Å²) in [5.41, 5.74) is -3.57. The fourth-order valence-electron chi connectivity index (χ4n) is 1.83. The Balaban J connectivity index is 2.04. The van der Waals surface area contributed by atoms with Gasteiger partial charge in [-0.25, -0.2) is 13.6 Å². The summed E-state index contributed by atoms with van der Waals surface area (Å²) in [7, 11) is 0. The molecule has 2 aromatic carbocycles. The lowest BCUT2D eigenvalue weighted by Crippen LogP contribution is -2.34. The second-order valence-corrected chi connectivity index (χ2v) is 5.78. The van der Waals surface area contributed by atoms with Gasteiger partial charge in [0.1, 0.15) is 11.6 Å². The van der Waals surface area contributed by atoms with Crippen LogP contribution < -0.4 is 15.4 Å². The Morgan fingerprint density at radius 2 is 1.81 bits per heavy atom. The Bertz CT molecular complexity index is 865. The number of alkyl halides is 4. The van der Waals surface area contributed by atoms with E-state index in [-0.39, 0.29) is 10.6 Å². The van der Waals surface area contributed by atoms with Crippen molar-refractivity contribution in [3.05, 3.63) is 58.9 Å². The number of imide groups is 1. The van der Waals surface area contributed by atoms with E-state index in [0.29, 0.717) is 6.07 Å². The van der Waals surface area contributed by atoms with Crippen LogP contribution in [0, 0.1) is 5.82 Å². The zero-order valence-electron chi connectivity index (χ0n) is 13.1. The van der Waals surface area contributed by atoms with E-state index < -0.39 is 40.9 Å². The highest BCUT2D eigenvalue weighted by Gasteiger charge is 2.42. The normalized spacial score (nSPS) is 12.2. The summed E-state index contributed by atoms with van der Waals surface area (Å²) in [5.74, 6) is -2.73. The Labute approximate surface area is 160 Å². The Hall–Kier alpha value is -2.52. The molecule has 0 fully saturated rings. The third-order valence-corrected chi connectivity index (χ3v) is 3.63. The topological polar surface area (TPSA) is 67.4 Å². The maximum absolute atomic E-state index is 13.9. The molecule has 3 amide bonds. The van der Waals surface area contributed by atoms with E-state index in [0.717, 1.165) is 12.1 Å². The first-order chi connectivity index (χ1) is 12.6. The SMILES string of the molecule is O=C(NC(=O)c1ccccc1Cl)Nc1ccc(OC(F)(F)C(F)Cl)cc1F. The van der Waals surface area contributed by atoms with E-state index in [9.17, 15) is 27.2 Å². The Morgan fingerprint density at radius 1 is 1.15 bits per heavy atom. The van der Waals surface area contributed by atoms with Crippen LogP contribution in [0.2, 0.25) is 5.02 Å². The molecule has 0 aliphatic rings. The number of hydrogen-bond acceptors (Lipinski definition) is 3. The minimum Gasteiger partial charge on any atom is -0.429 e. The van der Waals surface area contributed by atoms with Crippen LogP contribution in [-0.2, 0) is 0 Å². The molecular weight excluding hydrogens is 415 g/mol. The molecule has 1 unspecified atom stereocenters. The maximum Gasteiger partial charge on any atom is 0.444 e. The standard InChI is InChI=1S/C16H10Cl2F4N2O3/c17-10-4-2-1-3-9(10)13(25)24-15(26)23-12-6-5-8(7-11(12)19)27-16(21,22)14(18)20/h1-7,14H,(H2,23,24,25,26). The minimum absolute atomic E-state index is 0.0163. The van der Waals surface area contributed by atoms with E-state index in [1.54, 1.807) is 6.07 Å². The molecule has 0 bridgehead atoms. The number of nitrogens with one attached hydrogen (secondary N) is 2. The molecule has 144 valence electrons. The van der Waals surface area contributed by atoms with Crippen molar-refractivity contribution in [2.75, 3.05) is 5.32 Å². The number of halogens is 6. The highest BCUT2D eigenvalue weighted by Crippen LogP contribution is 2.30. The largest absolute Gasteiger partial charge is 0.444 e. The molecule has 11 heteroatoms. The first-order valence-electron chi connectivity index (χ1n) is 7.11. The zero-order chi connectivity index (χ0) is 20.2. The van der Waals surface area contributed by atoms with E-state index in [4.69, 9.17) is 11.6 Å². The monoisotopic (exact) mass is 424 g/mol. The van der Waals surface area contributed by atoms with Crippen molar-refractivity contribution in [3.63, 3.8) is 0 Å². The highest BCUT2D eigenvalue weighted by molar-refractivity contribution is 6.34. The second kappa shape index (κ2) is 8.45. The van der Waals surface area contributed by atoms with Gasteiger partial charge >= 0.3 is 12.1 Å². The summed E-state index contributed by atoms with van der Waals surface area (Å²) in [5, 5.41) is 4.03. The fraction of sp³-hybridized carbons (Fsp3) is 0.125. The second-order valence-electron chi connectivity index (χ2n) is 4.99. The van der Waals surface area contributed by atoms with Gasteiger partial charge in [-0.3, -0.25) is 10.1 Å². The van der Waals surface area contributed by atoms with Gasteiger partial charge in [0.05, 0.1) is 16.3 Å². The molecule has 0 aliphatic carbocycles. The predicted octanol–water partition coefficient (Wildman–Crippen LogP) is 4.95. The summed E-state index contributed by atoms with van der Waals surface area (Å²) >= 11 is 10.4. The Kier molecular flexibility index (Phi) is 6.50. The van der Waals surface area contributed by atoms with Crippen LogP contribution in [0.3, 0.4) is 0 Å². The summed E-state index contributed by atoms with van der Waals surface area (Å²) in [6.07, 6.45) is -4.37. The lowest BCUT2D eigenvalue weighted by molar-refractivity contribution is -0.199. The summed E-state index contributed by atoms with van der Waals surface area (Å²) in [6.45, 7) is 0. The van der Waals surface area contributed by atoms with Gasteiger partial charge in [0.25, 0.3) is 11.5 Å². The first kappa shape index (κ1) is 20.8. The molecule has 2 aromatic rings. The van der Waals surface area contributed by atoms with Crippen LogP contribution in [0.25, 0.3) is 0 Å². The number of carbonyl (C=O) groups excluding carboxylic acids is 2. The average molecular weight is 425 g/mol. The van der Waals surface area contributed by atoms with Gasteiger partial charge in [-0.15, -0.1) is 0 Å². The van der Waals surface area contributed by atoms with Gasteiger partial charge in [0.2, 0.25) is 0 Å². The van der Waals surface area contributed by atoms with E-state index in [1.165, 1.54) is 18.2 Å². The predicted molar refractivity (Wildman–Crippen MR) is 90.7 cm³/mol. The third-order valence-electron chi connectivity index (χ3n) is 3.04. The molecular formula is C16H10Cl2F4N2O3. The van der Waals surface area contributed by atoms with E-state index in [2.05, 4.69) is 16.3 Å². The third kappa shape index (κ3) is 5.48. The Morgan fingerprint density at radius 3 is 2.41 bits per heavy atom. The van der Waals surface area contributed by atoms with Crippen LogP contribution in [0.1, 0.15) is 10.4 Å². The summed E-state index contributed by atoms with van der Waals surface area (Å²) in [4.78, 5) is 23.7. The lowest BCUT2D eigenvalue weighted by atomic mass is 10.2. The number of carbonyl (C=O) groups is 2. The maximum atomic E-state index is 13.9. The minimum atomic E-state index is -4.37. The van der Waals surface area contributed by atoms with Crippen molar-refractivity contribution in [1.29, 1.82) is 0 Å². The van der Waals surface area contributed by atoms with Gasteiger partial charge in [-0.1, -0.05) is 35.3 Å². The van der Waals surface area contributed by atoms with E-state index >= 15 is 0 Å². The quantitative estimate of drug-likeness (QED) is 0.527. The van der Waals surface area contributed by atoms with Crippen LogP contribution >= 0.6 is 23.2 Å². The van der Waals surface area contributed by atoms with Crippen LogP contribution in [0.5, 0.6) is 5.75 Å². The van der Waals surface area contributed by atoms with Crippen molar-refractivity contribution in [2.45, 2.75) is 11.7 Å². The van der Waals surface area contributed by atoms with Gasteiger partial charge in [-0.2, -0.15) is 8.78 Å². The molecule has 0 aromatic heterocycles. The molecule has 0 heterocycles. The lowest BCUT2D eigenvalue weighted by Gasteiger charge is -2.18. The van der Waals surface area contributed by atoms with Crippen molar-refractivity contribution < 1.29 is 31.9 Å². The van der Waals surface area contributed by atoms with Crippen molar-refractivity contribution in [3.8, 4) is 5.75 Å². The summed E-state index contributed by atoms with van der Waals surface area (Å²) in [6, 6.07) is 7.02. The van der Waals surface area contributed by atoms with Crippen molar-refractivity contribution in [2.24, 2.45) is 0 Å². The zero-order valence-corrected chi connectivity index (χ0v) is 14.6. The number of ether oxygens (including phenoxy) is 1. The molecule has 5 nitrogen and oxygen atoms in total. The number of hydrogen-bond donors (Lipinski definition) is 2. The number of rotatable bonds is 5. The molecule has 0 saturated carbocycles. The molecule has 27 heavy (non-hydrogen) atoms. The molecule has 2 rings (SSSR count). The van der Waals surface area contributed by atoms with Crippen LogP contribution in [0.4, 0.5) is 28.0 Å². The smallest absolute Gasteiger partial charge is 0.429 e. The first-order valence-corrected chi connectivity index (χ1v) is 7.93. The van der Waals surface area contributed by atoms with Crippen molar-refractivity contribution >= 4 is 40.8 Å². The number of anilines is 1. The summed E-state index contributed by atoms with van der Waals surface area (Å²) < 4.78 is 56.4.